The Morgan fingerprint density at radius 2 is 2.23 bits per heavy atom. The van der Waals surface area contributed by atoms with Crippen molar-refractivity contribution < 1.29 is 5.11 Å². The van der Waals surface area contributed by atoms with Gasteiger partial charge in [0.05, 0.1) is 0 Å². The van der Waals surface area contributed by atoms with Crippen LogP contribution in [0.1, 0.15) is 33.6 Å². The molecular formula is C12H20O. The van der Waals surface area contributed by atoms with Crippen LogP contribution in [0.4, 0.5) is 0 Å². The molecule has 0 bridgehead atoms. The zero-order chi connectivity index (χ0) is 9.90. The molecule has 0 aliphatic heterocycles. The zero-order valence-electron chi connectivity index (χ0n) is 8.83. The Balaban J connectivity index is 2.65. The van der Waals surface area contributed by atoms with Crippen molar-refractivity contribution in [1.82, 2.24) is 0 Å². The van der Waals surface area contributed by atoms with E-state index in [1.165, 1.54) is 0 Å². The molecule has 1 rings (SSSR count). The lowest BCUT2D eigenvalue weighted by molar-refractivity contribution is 0.113. The first-order valence-electron chi connectivity index (χ1n) is 5.13. The number of hydrogen-bond donors (Lipinski definition) is 1. The number of aliphatic hydroxyl groups is 1. The van der Waals surface area contributed by atoms with Crippen molar-refractivity contribution in [1.29, 1.82) is 0 Å². The first-order chi connectivity index (χ1) is 6.07. The summed E-state index contributed by atoms with van der Waals surface area (Å²) in [7, 11) is 0. The van der Waals surface area contributed by atoms with Crippen LogP contribution < -0.4 is 0 Å². The number of allylic oxidation sites excluding steroid dienone is 2. The van der Waals surface area contributed by atoms with E-state index in [1.54, 1.807) is 0 Å². The molecule has 2 atom stereocenters. The van der Waals surface area contributed by atoms with Gasteiger partial charge in [-0.25, -0.2) is 0 Å². The topological polar surface area (TPSA) is 20.2 Å². The van der Waals surface area contributed by atoms with E-state index in [1.807, 2.05) is 25.2 Å². The fourth-order valence-corrected chi connectivity index (χ4v) is 1.85. The van der Waals surface area contributed by atoms with E-state index in [9.17, 15) is 5.11 Å². The highest BCUT2D eigenvalue weighted by Gasteiger charge is 2.26. The summed E-state index contributed by atoms with van der Waals surface area (Å²) in [6, 6.07) is 0. The van der Waals surface area contributed by atoms with Crippen LogP contribution in [0.5, 0.6) is 0 Å². The average molecular weight is 180 g/mol. The van der Waals surface area contributed by atoms with Crippen molar-refractivity contribution in [3.8, 4) is 0 Å². The van der Waals surface area contributed by atoms with Gasteiger partial charge in [-0.3, -0.25) is 0 Å². The van der Waals surface area contributed by atoms with Crippen molar-refractivity contribution >= 4 is 0 Å². The Bertz CT molecular complexity index is 215. The first kappa shape index (κ1) is 10.5. The normalized spacial score (nSPS) is 34.7. The zero-order valence-corrected chi connectivity index (χ0v) is 8.83. The van der Waals surface area contributed by atoms with Gasteiger partial charge in [0.2, 0.25) is 0 Å². The lowest BCUT2D eigenvalue weighted by Gasteiger charge is -2.30. The molecule has 1 N–H and O–H groups in total. The molecule has 1 heteroatoms. The van der Waals surface area contributed by atoms with Gasteiger partial charge < -0.3 is 5.11 Å². The molecule has 0 saturated carbocycles. The molecule has 1 aliphatic carbocycles. The summed E-state index contributed by atoms with van der Waals surface area (Å²) in [5.74, 6) is 1.33. The van der Waals surface area contributed by atoms with Crippen LogP contribution >= 0.6 is 0 Å². The Labute approximate surface area is 81.2 Å². The highest BCUT2D eigenvalue weighted by atomic mass is 16.3. The molecular weight excluding hydrogens is 160 g/mol. The highest BCUT2D eigenvalue weighted by Crippen LogP contribution is 2.30. The van der Waals surface area contributed by atoms with E-state index in [0.717, 1.165) is 12.8 Å². The van der Waals surface area contributed by atoms with Gasteiger partial charge >= 0.3 is 0 Å². The largest absolute Gasteiger partial charge is 0.382 e. The van der Waals surface area contributed by atoms with Gasteiger partial charge in [-0.1, -0.05) is 38.2 Å². The molecule has 1 aliphatic rings. The lowest BCUT2D eigenvalue weighted by Crippen LogP contribution is -2.28. The summed E-state index contributed by atoms with van der Waals surface area (Å²) in [6.07, 6.45) is 9.85. The van der Waals surface area contributed by atoms with Crippen molar-refractivity contribution in [3.63, 3.8) is 0 Å². The Hall–Kier alpha value is -0.560. The average Bonchev–Trinajstić information content (AvgIpc) is 2.05. The third-order valence-corrected chi connectivity index (χ3v) is 2.82. The van der Waals surface area contributed by atoms with Crippen LogP contribution in [0.25, 0.3) is 0 Å². The van der Waals surface area contributed by atoms with E-state index in [4.69, 9.17) is 0 Å². The van der Waals surface area contributed by atoms with Crippen molar-refractivity contribution in [2.24, 2.45) is 11.8 Å². The highest BCUT2D eigenvalue weighted by molar-refractivity contribution is 5.17. The van der Waals surface area contributed by atoms with Gasteiger partial charge in [0, 0.05) is 0 Å². The van der Waals surface area contributed by atoms with Gasteiger partial charge in [-0.05, 0) is 31.6 Å². The predicted molar refractivity (Wildman–Crippen MR) is 56.5 cm³/mol. The fraction of sp³-hybridized carbons (Fsp3) is 0.667. The Kier molecular flexibility index (Phi) is 3.32. The van der Waals surface area contributed by atoms with E-state index < -0.39 is 5.60 Å². The Morgan fingerprint density at radius 1 is 1.54 bits per heavy atom. The standard InChI is InChI=1S/C12H20O/c1-4-7-12(13)8-5-11(6-9-12)10(2)3/h4-5,7-8,10-11,13H,6,9H2,1-3H3/b7-4+. The van der Waals surface area contributed by atoms with Crippen LogP contribution in [0.3, 0.4) is 0 Å². The van der Waals surface area contributed by atoms with Gasteiger partial charge in [0.15, 0.2) is 0 Å². The summed E-state index contributed by atoms with van der Waals surface area (Å²) in [6.45, 7) is 6.41. The van der Waals surface area contributed by atoms with Crippen LogP contribution in [0.15, 0.2) is 24.3 Å². The molecule has 0 aromatic carbocycles. The SMILES string of the molecule is C/C=C/C1(O)C=CC(C(C)C)CC1. The van der Waals surface area contributed by atoms with Crippen molar-refractivity contribution in [2.75, 3.05) is 0 Å². The summed E-state index contributed by atoms with van der Waals surface area (Å²) >= 11 is 0. The molecule has 1 nitrogen and oxygen atoms in total. The molecule has 0 heterocycles. The van der Waals surface area contributed by atoms with Gasteiger partial charge in [0.25, 0.3) is 0 Å². The van der Waals surface area contributed by atoms with E-state index >= 15 is 0 Å². The molecule has 0 fully saturated rings. The maximum absolute atomic E-state index is 10.00. The monoisotopic (exact) mass is 180 g/mol. The smallest absolute Gasteiger partial charge is 0.101 e. The van der Waals surface area contributed by atoms with E-state index in [2.05, 4.69) is 19.9 Å². The minimum Gasteiger partial charge on any atom is -0.382 e. The van der Waals surface area contributed by atoms with Gasteiger partial charge in [0.1, 0.15) is 5.60 Å². The molecule has 0 spiro atoms. The molecule has 74 valence electrons. The van der Waals surface area contributed by atoms with Crippen molar-refractivity contribution in [3.05, 3.63) is 24.3 Å². The molecule has 0 saturated heterocycles. The second-order valence-corrected chi connectivity index (χ2v) is 4.30. The van der Waals surface area contributed by atoms with E-state index in [0.29, 0.717) is 11.8 Å². The molecule has 13 heavy (non-hydrogen) atoms. The summed E-state index contributed by atoms with van der Waals surface area (Å²) < 4.78 is 0. The Morgan fingerprint density at radius 3 is 2.62 bits per heavy atom. The van der Waals surface area contributed by atoms with Gasteiger partial charge in [-0.15, -0.1) is 0 Å². The summed E-state index contributed by atoms with van der Waals surface area (Å²) in [5, 5.41) is 10.00. The lowest BCUT2D eigenvalue weighted by atomic mass is 9.80. The van der Waals surface area contributed by atoms with Crippen LogP contribution in [-0.2, 0) is 0 Å². The minimum atomic E-state index is -0.667. The maximum Gasteiger partial charge on any atom is 0.101 e. The van der Waals surface area contributed by atoms with E-state index in [-0.39, 0.29) is 0 Å². The van der Waals surface area contributed by atoms with Crippen LogP contribution in [0, 0.1) is 11.8 Å². The molecule has 2 unspecified atom stereocenters. The predicted octanol–water partition coefficient (Wildman–Crippen LogP) is 2.92. The molecule has 0 radical (unpaired) electrons. The third-order valence-electron chi connectivity index (χ3n) is 2.82. The summed E-state index contributed by atoms with van der Waals surface area (Å²) in [4.78, 5) is 0. The number of hydrogen-bond acceptors (Lipinski definition) is 1. The van der Waals surface area contributed by atoms with Crippen molar-refractivity contribution in [2.45, 2.75) is 39.2 Å². The minimum absolute atomic E-state index is 0.644. The quantitative estimate of drug-likeness (QED) is 0.648. The fourth-order valence-electron chi connectivity index (χ4n) is 1.85. The third kappa shape index (κ3) is 2.70. The molecule has 0 aromatic heterocycles. The molecule has 0 amide bonds. The maximum atomic E-state index is 10.00. The second kappa shape index (κ2) is 4.10. The van der Waals surface area contributed by atoms with Crippen LogP contribution in [0.2, 0.25) is 0 Å². The van der Waals surface area contributed by atoms with Crippen LogP contribution in [-0.4, -0.2) is 10.7 Å². The number of rotatable bonds is 2. The summed E-state index contributed by atoms with van der Waals surface area (Å²) in [5.41, 5.74) is -0.667. The van der Waals surface area contributed by atoms with Gasteiger partial charge in [-0.2, -0.15) is 0 Å². The first-order valence-corrected chi connectivity index (χ1v) is 5.13. The second-order valence-electron chi connectivity index (χ2n) is 4.30. The molecule has 0 aromatic rings.